The fourth-order valence-corrected chi connectivity index (χ4v) is 1.47. The molecule has 1 rings (SSSR count). The molecule has 1 aromatic carbocycles. The smallest absolute Gasteiger partial charge is 0.337 e. The van der Waals surface area contributed by atoms with E-state index in [4.69, 9.17) is 5.11 Å². The van der Waals surface area contributed by atoms with E-state index < -0.39 is 11.4 Å². The summed E-state index contributed by atoms with van der Waals surface area (Å²) in [6, 6.07) is 6.85. The van der Waals surface area contributed by atoms with Crippen LogP contribution in [0.1, 0.15) is 30.6 Å². The molecule has 0 radical (unpaired) electrons. The first-order valence-corrected chi connectivity index (χ1v) is 6.02. The molecular weight excluding hydrogens is 246 g/mol. The molecule has 1 aromatic rings. The van der Waals surface area contributed by atoms with Crippen LogP contribution in [0.5, 0.6) is 0 Å². The number of hydrogen-bond donors (Lipinski definition) is 2. The van der Waals surface area contributed by atoms with Gasteiger partial charge in [-0.1, -0.05) is 0 Å². The molecule has 0 aliphatic heterocycles. The van der Waals surface area contributed by atoms with Gasteiger partial charge < -0.3 is 15.2 Å². The first-order chi connectivity index (χ1) is 8.86. The van der Waals surface area contributed by atoms with Crippen molar-refractivity contribution in [3.05, 3.63) is 29.8 Å². The van der Waals surface area contributed by atoms with Crippen LogP contribution in [0.4, 0.5) is 5.69 Å². The fraction of sp³-hybridized carbons (Fsp3) is 0.429. The van der Waals surface area contributed by atoms with E-state index in [2.05, 4.69) is 10.1 Å². The lowest BCUT2D eigenvalue weighted by atomic mass is 9.90. The second-order valence-electron chi connectivity index (χ2n) is 4.93. The van der Waals surface area contributed by atoms with Crippen LogP contribution >= 0.6 is 0 Å². The Kier molecular flexibility index (Phi) is 4.92. The van der Waals surface area contributed by atoms with Crippen LogP contribution in [0.3, 0.4) is 0 Å². The summed E-state index contributed by atoms with van der Waals surface area (Å²) >= 11 is 0. The molecule has 0 atom stereocenters. The molecule has 0 aliphatic rings. The summed E-state index contributed by atoms with van der Waals surface area (Å²) in [6.45, 7) is 3.94. The van der Waals surface area contributed by atoms with Crippen molar-refractivity contribution in [3.63, 3.8) is 0 Å². The van der Waals surface area contributed by atoms with Gasteiger partial charge >= 0.3 is 11.9 Å². The third-order valence-corrected chi connectivity index (χ3v) is 2.96. The van der Waals surface area contributed by atoms with Crippen LogP contribution in [0.25, 0.3) is 0 Å². The number of benzene rings is 1. The largest absolute Gasteiger partial charge is 0.481 e. The topological polar surface area (TPSA) is 75.6 Å². The van der Waals surface area contributed by atoms with Gasteiger partial charge in [-0.25, -0.2) is 4.79 Å². The number of ether oxygens (including phenoxy) is 1. The van der Waals surface area contributed by atoms with Crippen molar-refractivity contribution in [2.75, 3.05) is 19.0 Å². The lowest BCUT2D eigenvalue weighted by molar-refractivity contribution is -0.147. The van der Waals surface area contributed by atoms with E-state index in [9.17, 15) is 9.59 Å². The molecule has 0 fully saturated rings. The number of nitrogens with one attached hydrogen (secondary N) is 1. The van der Waals surface area contributed by atoms with Crippen molar-refractivity contribution in [1.29, 1.82) is 0 Å². The van der Waals surface area contributed by atoms with Gasteiger partial charge in [0.05, 0.1) is 18.1 Å². The maximum Gasteiger partial charge on any atom is 0.337 e. The van der Waals surface area contributed by atoms with Gasteiger partial charge in [0.15, 0.2) is 0 Å². The van der Waals surface area contributed by atoms with Gasteiger partial charge in [-0.05, 0) is 44.5 Å². The number of carbonyl (C=O) groups is 2. The zero-order valence-corrected chi connectivity index (χ0v) is 11.4. The summed E-state index contributed by atoms with van der Waals surface area (Å²) in [5.74, 6) is -1.19. The molecule has 0 amide bonds. The number of hydrogen-bond acceptors (Lipinski definition) is 4. The highest BCUT2D eigenvalue weighted by Crippen LogP contribution is 2.20. The lowest BCUT2D eigenvalue weighted by Gasteiger charge is -2.19. The van der Waals surface area contributed by atoms with E-state index in [-0.39, 0.29) is 5.97 Å². The number of carbonyl (C=O) groups excluding carboxylic acids is 1. The van der Waals surface area contributed by atoms with E-state index in [0.29, 0.717) is 18.5 Å². The Balaban J connectivity index is 2.51. The second kappa shape index (κ2) is 6.22. The molecule has 0 bridgehead atoms. The highest BCUT2D eigenvalue weighted by molar-refractivity contribution is 5.89. The summed E-state index contributed by atoms with van der Waals surface area (Å²) < 4.78 is 4.60. The number of methoxy groups -OCH3 is 1. The van der Waals surface area contributed by atoms with Gasteiger partial charge in [-0.2, -0.15) is 0 Å². The fourth-order valence-electron chi connectivity index (χ4n) is 1.47. The van der Waals surface area contributed by atoms with Crippen molar-refractivity contribution in [2.45, 2.75) is 20.3 Å². The molecule has 0 saturated carbocycles. The normalized spacial score (nSPS) is 10.9. The summed E-state index contributed by atoms with van der Waals surface area (Å²) in [6.07, 6.45) is 0.515. The number of anilines is 1. The van der Waals surface area contributed by atoms with E-state index in [1.165, 1.54) is 7.11 Å². The summed E-state index contributed by atoms with van der Waals surface area (Å²) in [5, 5.41) is 12.1. The number of esters is 1. The van der Waals surface area contributed by atoms with Crippen LogP contribution in [0.15, 0.2) is 24.3 Å². The Bertz CT molecular complexity index is 451. The molecular formula is C14H19NO4. The number of carboxylic acid groups (broad SMARTS) is 1. The number of carboxylic acids is 1. The van der Waals surface area contributed by atoms with Crippen LogP contribution in [0.2, 0.25) is 0 Å². The molecule has 0 aliphatic carbocycles. The standard InChI is InChI=1S/C14H19NO4/c1-14(2,13(17)18)8-9-15-11-6-4-10(5-7-11)12(16)19-3/h4-7,15H,8-9H2,1-3H3,(H,17,18). The molecule has 5 heteroatoms. The maximum atomic E-state index is 11.2. The highest BCUT2D eigenvalue weighted by Gasteiger charge is 2.26. The average molecular weight is 265 g/mol. The van der Waals surface area contributed by atoms with Crippen molar-refractivity contribution in [2.24, 2.45) is 5.41 Å². The van der Waals surface area contributed by atoms with E-state index in [1.807, 2.05) is 0 Å². The Labute approximate surface area is 112 Å². The lowest BCUT2D eigenvalue weighted by Crippen LogP contribution is -2.26. The predicted octanol–water partition coefficient (Wildman–Crippen LogP) is 2.39. The summed E-state index contributed by atoms with van der Waals surface area (Å²) in [7, 11) is 1.34. The Hall–Kier alpha value is -2.04. The van der Waals surface area contributed by atoms with Gasteiger partial charge in [0.25, 0.3) is 0 Å². The van der Waals surface area contributed by atoms with Crippen LogP contribution in [-0.4, -0.2) is 30.7 Å². The zero-order valence-electron chi connectivity index (χ0n) is 11.4. The molecule has 0 unspecified atom stereocenters. The second-order valence-corrected chi connectivity index (χ2v) is 4.93. The third kappa shape index (κ3) is 4.28. The first kappa shape index (κ1) is 15.0. The molecule has 0 aromatic heterocycles. The predicted molar refractivity (Wildman–Crippen MR) is 72.3 cm³/mol. The van der Waals surface area contributed by atoms with Crippen molar-refractivity contribution in [1.82, 2.24) is 0 Å². The van der Waals surface area contributed by atoms with Gasteiger partial charge in [0.2, 0.25) is 0 Å². The Morgan fingerprint density at radius 1 is 1.26 bits per heavy atom. The highest BCUT2D eigenvalue weighted by atomic mass is 16.5. The summed E-state index contributed by atoms with van der Waals surface area (Å²) in [4.78, 5) is 22.2. The van der Waals surface area contributed by atoms with Gasteiger partial charge in [-0.15, -0.1) is 0 Å². The van der Waals surface area contributed by atoms with Crippen molar-refractivity contribution >= 4 is 17.6 Å². The maximum absolute atomic E-state index is 11.2. The molecule has 104 valence electrons. The molecule has 0 spiro atoms. The van der Waals surface area contributed by atoms with E-state index in [1.54, 1.807) is 38.1 Å². The van der Waals surface area contributed by atoms with E-state index >= 15 is 0 Å². The zero-order chi connectivity index (χ0) is 14.5. The van der Waals surface area contributed by atoms with Gasteiger partial charge in [0, 0.05) is 12.2 Å². The third-order valence-electron chi connectivity index (χ3n) is 2.96. The molecule has 19 heavy (non-hydrogen) atoms. The summed E-state index contributed by atoms with van der Waals surface area (Å²) in [5.41, 5.74) is 0.576. The van der Waals surface area contributed by atoms with Crippen LogP contribution < -0.4 is 5.32 Å². The first-order valence-electron chi connectivity index (χ1n) is 6.02. The Morgan fingerprint density at radius 3 is 2.32 bits per heavy atom. The van der Waals surface area contributed by atoms with E-state index in [0.717, 1.165) is 5.69 Å². The molecule has 0 heterocycles. The minimum Gasteiger partial charge on any atom is -0.481 e. The van der Waals surface area contributed by atoms with Crippen molar-refractivity contribution < 1.29 is 19.4 Å². The minimum atomic E-state index is -0.810. The number of rotatable bonds is 6. The minimum absolute atomic E-state index is 0.376. The SMILES string of the molecule is COC(=O)c1ccc(NCCC(C)(C)C(=O)O)cc1. The number of aliphatic carboxylic acids is 1. The monoisotopic (exact) mass is 265 g/mol. The van der Waals surface area contributed by atoms with Gasteiger partial charge in [0.1, 0.15) is 0 Å². The van der Waals surface area contributed by atoms with Crippen LogP contribution in [-0.2, 0) is 9.53 Å². The Morgan fingerprint density at radius 2 is 1.84 bits per heavy atom. The van der Waals surface area contributed by atoms with Gasteiger partial charge in [-0.3, -0.25) is 4.79 Å². The molecule has 5 nitrogen and oxygen atoms in total. The molecule has 2 N–H and O–H groups in total. The molecule has 0 saturated heterocycles. The van der Waals surface area contributed by atoms with Crippen molar-refractivity contribution in [3.8, 4) is 0 Å². The quantitative estimate of drug-likeness (QED) is 0.772. The average Bonchev–Trinajstić information content (AvgIpc) is 2.38. The van der Waals surface area contributed by atoms with Crippen LogP contribution in [0, 0.1) is 5.41 Å².